The van der Waals surface area contributed by atoms with Crippen molar-refractivity contribution in [3.63, 3.8) is 0 Å². The molecule has 2 aromatic rings. The molecule has 0 saturated heterocycles. The van der Waals surface area contributed by atoms with Crippen LogP contribution in [0.15, 0.2) is 43.1 Å². The zero-order chi connectivity index (χ0) is 26.9. The van der Waals surface area contributed by atoms with Crippen LogP contribution in [-0.4, -0.2) is 99.5 Å². The Kier molecular flexibility index (Phi) is 14.6. The van der Waals surface area contributed by atoms with E-state index < -0.39 is 16.6 Å². The van der Waals surface area contributed by atoms with Crippen LogP contribution in [-0.2, 0) is 32.0 Å². The molecule has 2 rings (SSSR count). The van der Waals surface area contributed by atoms with Crippen molar-refractivity contribution in [2.75, 3.05) is 79.5 Å². The highest BCUT2D eigenvalue weighted by Crippen LogP contribution is 2.14. The molecule has 0 bridgehead atoms. The summed E-state index contributed by atoms with van der Waals surface area (Å²) in [5.74, 6) is -0.365. The summed E-state index contributed by atoms with van der Waals surface area (Å²) in [4.78, 5) is 27.0. The van der Waals surface area contributed by atoms with Gasteiger partial charge in [0.2, 0.25) is 22.4 Å². The molecule has 2 N–H and O–H groups in total. The Morgan fingerprint density at radius 2 is 1.16 bits per heavy atom. The van der Waals surface area contributed by atoms with Gasteiger partial charge in [-0.1, -0.05) is 0 Å². The summed E-state index contributed by atoms with van der Waals surface area (Å²) in [5.41, 5.74) is -0.959. The predicted octanol–water partition coefficient (Wildman–Crippen LogP) is 1.02. The second kappa shape index (κ2) is 17.7. The summed E-state index contributed by atoms with van der Waals surface area (Å²) in [6.07, 6.45) is 2.52. The molecule has 12 nitrogen and oxygen atoms in total. The van der Waals surface area contributed by atoms with Gasteiger partial charge in [-0.2, -0.15) is 0 Å². The Bertz CT molecular complexity index is 1010. The average molecular weight is 527 g/mol. The maximum Gasteiger partial charge on any atom is 0.226 e. The molecular formula is C25H38N2O10. The minimum atomic E-state index is -0.488. The van der Waals surface area contributed by atoms with E-state index >= 15 is 0 Å². The molecule has 0 spiro atoms. The molecule has 0 aliphatic heterocycles. The lowest BCUT2D eigenvalue weighted by Crippen LogP contribution is -2.31. The minimum absolute atomic E-state index is 0.192. The zero-order valence-corrected chi connectivity index (χ0v) is 21.6. The molecule has 0 amide bonds. The van der Waals surface area contributed by atoms with Crippen molar-refractivity contribution in [1.82, 2.24) is 9.80 Å². The lowest BCUT2D eigenvalue weighted by molar-refractivity contribution is 0.0197. The SMILES string of the molecule is CCOCCOCCN(CCOCCOCCN(C)Cc1occc(=O)c1O)Cc1occc(=O)c1O. The third kappa shape index (κ3) is 11.9. The Morgan fingerprint density at radius 1 is 0.703 bits per heavy atom. The van der Waals surface area contributed by atoms with Crippen molar-refractivity contribution >= 4 is 0 Å². The van der Waals surface area contributed by atoms with Crippen LogP contribution >= 0.6 is 0 Å². The van der Waals surface area contributed by atoms with Gasteiger partial charge in [-0.3, -0.25) is 19.4 Å². The maximum atomic E-state index is 11.7. The molecule has 2 aromatic heterocycles. The summed E-state index contributed by atoms with van der Waals surface area (Å²) >= 11 is 0. The molecule has 0 aromatic carbocycles. The summed E-state index contributed by atoms with van der Waals surface area (Å²) in [5, 5.41) is 19.7. The lowest BCUT2D eigenvalue weighted by atomic mass is 10.3. The van der Waals surface area contributed by atoms with Gasteiger partial charge < -0.3 is 38.0 Å². The van der Waals surface area contributed by atoms with E-state index in [2.05, 4.69) is 0 Å². The van der Waals surface area contributed by atoms with E-state index in [-0.39, 0.29) is 30.4 Å². The number of hydrogen-bond acceptors (Lipinski definition) is 12. The Labute approximate surface area is 215 Å². The highest BCUT2D eigenvalue weighted by molar-refractivity contribution is 5.23. The van der Waals surface area contributed by atoms with E-state index in [0.717, 1.165) is 0 Å². The average Bonchev–Trinajstić information content (AvgIpc) is 2.88. The van der Waals surface area contributed by atoms with E-state index in [1.165, 1.54) is 24.7 Å². The summed E-state index contributed by atoms with van der Waals surface area (Å²) < 4.78 is 32.6. The Balaban J connectivity index is 1.65. The highest BCUT2D eigenvalue weighted by Gasteiger charge is 2.14. The van der Waals surface area contributed by atoms with Crippen molar-refractivity contribution in [3.05, 3.63) is 56.6 Å². The normalized spacial score (nSPS) is 11.6. The topological polar surface area (TPSA) is 144 Å². The van der Waals surface area contributed by atoms with Crippen LogP contribution in [0.4, 0.5) is 0 Å². The first kappa shape index (κ1) is 30.5. The summed E-state index contributed by atoms with van der Waals surface area (Å²) in [7, 11) is 1.83. The van der Waals surface area contributed by atoms with Gasteiger partial charge in [-0.15, -0.1) is 0 Å². The number of nitrogens with zero attached hydrogens (tertiary/aromatic N) is 2. The van der Waals surface area contributed by atoms with E-state index in [4.69, 9.17) is 27.8 Å². The molecule has 12 heteroatoms. The van der Waals surface area contributed by atoms with Crippen LogP contribution < -0.4 is 10.9 Å². The monoisotopic (exact) mass is 526 g/mol. The van der Waals surface area contributed by atoms with Gasteiger partial charge in [0.15, 0.2) is 11.5 Å². The fourth-order valence-electron chi connectivity index (χ4n) is 3.22. The van der Waals surface area contributed by atoms with Crippen LogP contribution in [0.3, 0.4) is 0 Å². The van der Waals surface area contributed by atoms with Crippen LogP contribution in [0.2, 0.25) is 0 Å². The number of ether oxygens (including phenoxy) is 4. The van der Waals surface area contributed by atoms with Crippen LogP contribution in [0.5, 0.6) is 11.5 Å². The summed E-state index contributed by atoms with van der Waals surface area (Å²) in [6.45, 7) is 7.82. The van der Waals surface area contributed by atoms with Crippen molar-refractivity contribution in [1.29, 1.82) is 0 Å². The first-order valence-corrected chi connectivity index (χ1v) is 12.2. The quantitative estimate of drug-likeness (QED) is 0.238. The molecular weight excluding hydrogens is 488 g/mol. The van der Waals surface area contributed by atoms with Gasteiger partial charge in [0, 0.05) is 38.4 Å². The third-order valence-corrected chi connectivity index (χ3v) is 5.30. The van der Waals surface area contributed by atoms with Crippen molar-refractivity contribution in [2.24, 2.45) is 0 Å². The van der Waals surface area contributed by atoms with E-state index in [9.17, 15) is 19.8 Å². The Hall–Kier alpha value is -2.74. The van der Waals surface area contributed by atoms with Gasteiger partial charge in [0.25, 0.3) is 0 Å². The first-order chi connectivity index (χ1) is 17.9. The lowest BCUT2D eigenvalue weighted by Gasteiger charge is -2.22. The van der Waals surface area contributed by atoms with E-state index in [1.54, 1.807) is 0 Å². The van der Waals surface area contributed by atoms with Gasteiger partial charge in [-0.25, -0.2) is 0 Å². The van der Waals surface area contributed by atoms with Gasteiger partial charge in [0.05, 0.1) is 71.9 Å². The van der Waals surface area contributed by atoms with Crippen LogP contribution in [0, 0.1) is 0 Å². The van der Waals surface area contributed by atoms with Gasteiger partial charge in [-0.05, 0) is 14.0 Å². The largest absolute Gasteiger partial charge is 0.502 e. The molecule has 208 valence electrons. The second-order valence-electron chi connectivity index (χ2n) is 8.16. The van der Waals surface area contributed by atoms with E-state index in [0.29, 0.717) is 72.5 Å². The number of likely N-dealkylation sites (N-methyl/N-ethyl adjacent to an activating group) is 1. The number of aromatic hydroxyl groups is 2. The summed E-state index contributed by atoms with van der Waals surface area (Å²) in [6, 6.07) is 2.34. The van der Waals surface area contributed by atoms with Crippen molar-refractivity contribution < 1.29 is 38.0 Å². The molecule has 0 atom stereocenters. The van der Waals surface area contributed by atoms with Crippen molar-refractivity contribution in [3.8, 4) is 11.5 Å². The minimum Gasteiger partial charge on any atom is -0.502 e. The fraction of sp³-hybridized carbons (Fsp3) is 0.600. The molecule has 0 unspecified atom stereocenters. The predicted molar refractivity (Wildman–Crippen MR) is 134 cm³/mol. The molecule has 0 radical (unpaired) electrons. The van der Waals surface area contributed by atoms with Crippen LogP contribution in [0.25, 0.3) is 0 Å². The number of rotatable bonds is 20. The number of hydrogen-bond donors (Lipinski definition) is 2. The molecule has 0 aliphatic rings. The van der Waals surface area contributed by atoms with Crippen LogP contribution in [0.1, 0.15) is 18.4 Å². The van der Waals surface area contributed by atoms with Crippen molar-refractivity contribution in [2.45, 2.75) is 20.0 Å². The molecule has 0 saturated carbocycles. The molecule has 2 heterocycles. The smallest absolute Gasteiger partial charge is 0.226 e. The van der Waals surface area contributed by atoms with Gasteiger partial charge >= 0.3 is 0 Å². The third-order valence-electron chi connectivity index (χ3n) is 5.30. The van der Waals surface area contributed by atoms with Gasteiger partial charge in [0.1, 0.15) is 0 Å². The highest BCUT2D eigenvalue weighted by atomic mass is 16.5. The maximum absolute atomic E-state index is 11.7. The van der Waals surface area contributed by atoms with E-state index in [1.807, 2.05) is 23.8 Å². The molecule has 0 aliphatic carbocycles. The zero-order valence-electron chi connectivity index (χ0n) is 21.6. The fourth-order valence-corrected chi connectivity index (χ4v) is 3.22. The molecule has 37 heavy (non-hydrogen) atoms. The second-order valence-corrected chi connectivity index (χ2v) is 8.16. The first-order valence-electron chi connectivity index (χ1n) is 12.2. The standard InChI is InChI=1S/C25H38N2O10/c1-3-32-14-15-34-12-7-27(19-23-25(31)21(29)5-10-37-23)8-13-35-17-16-33-11-6-26(2)18-22-24(30)20(28)4-9-36-22/h4-5,9-10,30-31H,3,6-8,11-19H2,1-2H3. The Morgan fingerprint density at radius 3 is 1.68 bits per heavy atom. The molecule has 0 fully saturated rings.